The van der Waals surface area contributed by atoms with Crippen molar-refractivity contribution >= 4 is 0 Å². The van der Waals surface area contributed by atoms with E-state index in [0.717, 1.165) is 17.8 Å². The van der Waals surface area contributed by atoms with E-state index in [1.807, 2.05) is 7.11 Å². The summed E-state index contributed by atoms with van der Waals surface area (Å²) in [6, 6.07) is 0. The molecule has 1 spiro atoms. The minimum atomic E-state index is 0.551. The fraction of sp³-hybridized carbons (Fsp3) is 1.00. The first-order valence-corrected chi connectivity index (χ1v) is 7.53. The molecule has 3 aliphatic rings. The van der Waals surface area contributed by atoms with Gasteiger partial charge in [-0.05, 0) is 60.7 Å². The maximum absolute atomic E-state index is 5.69. The Balaban J connectivity index is 1.88. The number of hydrogen-bond donors (Lipinski definition) is 0. The second kappa shape index (κ2) is 3.73. The van der Waals surface area contributed by atoms with Crippen LogP contribution in [0.4, 0.5) is 0 Å². The van der Waals surface area contributed by atoms with E-state index in [4.69, 9.17) is 4.74 Å². The second-order valence-electron chi connectivity index (χ2n) is 7.69. The molecule has 5 atom stereocenters. The predicted octanol–water partition coefficient (Wildman–Crippen LogP) is 4.26. The van der Waals surface area contributed by atoms with Crippen molar-refractivity contribution in [3.8, 4) is 0 Å². The molecule has 0 aromatic carbocycles. The van der Waals surface area contributed by atoms with Gasteiger partial charge in [-0.2, -0.15) is 0 Å². The van der Waals surface area contributed by atoms with Gasteiger partial charge in [0.1, 0.15) is 0 Å². The number of ether oxygens (including phenoxy) is 1. The lowest BCUT2D eigenvalue weighted by atomic mass is 9.32. The zero-order chi connectivity index (χ0) is 12.3. The molecule has 98 valence electrons. The summed E-state index contributed by atoms with van der Waals surface area (Å²) in [5.74, 6) is 2.91. The van der Waals surface area contributed by atoms with Crippen molar-refractivity contribution in [2.45, 2.75) is 65.4 Å². The number of rotatable bonds is 1. The molecule has 17 heavy (non-hydrogen) atoms. The molecule has 3 rings (SSSR count). The van der Waals surface area contributed by atoms with Crippen LogP contribution in [-0.4, -0.2) is 13.2 Å². The van der Waals surface area contributed by atoms with Crippen molar-refractivity contribution in [2.24, 2.45) is 28.6 Å². The fourth-order valence-corrected chi connectivity index (χ4v) is 6.12. The van der Waals surface area contributed by atoms with Gasteiger partial charge in [0.05, 0.1) is 6.10 Å². The Bertz CT molecular complexity index is 299. The molecule has 0 saturated heterocycles. The number of hydrogen-bond acceptors (Lipinski definition) is 1. The van der Waals surface area contributed by atoms with Crippen LogP contribution < -0.4 is 0 Å². The Morgan fingerprint density at radius 2 is 1.59 bits per heavy atom. The van der Waals surface area contributed by atoms with E-state index in [1.165, 1.54) is 38.5 Å². The summed E-state index contributed by atoms with van der Waals surface area (Å²) in [7, 11) is 1.91. The molecular formula is C16H28O. The SMILES string of the molecule is COC1CCC2C(C)(C)C3CCC(C)CC32C1. The van der Waals surface area contributed by atoms with Gasteiger partial charge in [-0.1, -0.05) is 27.2 Å². The minimum absolute atomic E-state index is 0.551. The largest absolute Gasteiger partial charge is 0.381 e. The highest BCUT2D eigenvalue weighted by molar-refractivity contribution is 5.16. The van der Waals surface area contributed by atoms with Gasteiger partial charge in [-0.3, -0.25) is 0 Å². The topological polar surface area (TPSA) is 9.23 Å². The Morgan fingerprint density at radius 3 is 2.24 bits per heavy atom. The average molecular weight is 236 g/mol. The van der Waals surface area contributed by atoms with Gasteiger partial charge >= 0.3 is 0 Å². The Morgan fingerprint density at radius 1 is 0.941 bits per heavy atom. The van der Waals surface area contributed by atoms with E-state index < -0.39 is 0 Å². The summed E-state index contributed by atoms with van der Waals surface area (Å²) in [5, 5.41) is 0. The van der Waals surface area contributed by atoms with E-state index in [0.29, 0.717) is 16.9 Å². The van der Waals surface area contributed by atoms with Crippen LogP contribution in [0.25, 0.3) is 0 Å². The van der Waals surface area contributed by atoms with Crippen LogP contribution in [-0.2, 0) is 4.74 Å². The van der Waals surface area contributed by atoms with Crippen LogP contribution in [0.5, 0.6) is 0 Å². The van der Waals surface area contributed by atoms with Crippen molar-refractivity contribution < 1.29 is 4.74 Å². The first kappa shape index (κ1) is 12.0. The fourth-order valence-electron chi connectivity index (χ4n) is 6.12. The van der Waals surface area contributed by atoms with Crippen LogP contribution in [0.1, 0.15) is 59.3 Å². The second-order valence-corrected chi connectivity index (χ2v) is 7.69. The molecule has 1 nitrogen and oxygen atoms in total. The molecular weight excluding hydrogens is 208 g/mol. The van der Waals surface area contributed by atoms with Crippen LogP contribution in [0, 0.1) is 28.6 Å². The number of methoxy groups -OCH3 is 1. The van der Waals surface area contributed by atoms with Crippen LogP contribution >= 0.6 is 0 Å². The van der Waals surface area contributed by atoms with Crippen LogP contribution in [0.3, 0.4) is 0 Å². The first-order valence-electron chi connectivity index (χ1n) is 7.53. The van der Waals surface area contributed by atoms with Crippen LogP contribution in [0.15, 0.2) is 0 Å². The molecule has 3 saturated carbocycles. The molecule has 0 N–H and O–H groups in total. The third-order valence-electron chi connectivity index (χ3n) is 6.58. The van der Waals surface area contributed by atoms with Gasteiger partial charge in [0.25, 0.3) is 0 Å². The van der Waals surface area contributed by atoms with E-state index >= 15 is 0 Å². The summed E-state index contributed by atoms with van der Waals surface area (Å²) in [4.78, 5) is 0. The monoisotopic (exact) mass is 236 g/mol. The maximum Gasteiger partial charge on any atom is 0.0577 e. The zero-order valence-electron chi connectivity index (χ0n) is 12.0. The first-order chi connectivity index (χ1) is 8.00. The van der Waals surface area contributed by atoms with Crippen molar-refractivity contribution in [3.05, 3.63) is 0 Å². The third kappa shape index (κ3) is 1.47. The van der Waals surface area contributed by atoms with Gasteiger partial charge < -0.3 is 4.74 Å². The molecule has 0 heterocycles. The zero-order valence-corrected chi connectivity index (χ0v) is 12.0. The van der Waals surface area contributed by atoms with E-state index in [2.05, 4.69) is 20.8 Å². The molecule has 1 heteroatoms. The molecule has 3 fully saturated rings. The quantitative estimate of drug-likeness (QED) is 0.661. The van der Waals surface area contributed by atoms with Crippen LogP contribution in [0.2, 0.25) is 0 Å². The smallest absolute Gasteiger partial charge is 0.0577 e. The summed E-state index contributed by atoms with van der Waals surface area (Å²) >= 11 is 0. The lowest BCUT2D eigenvalue weighted by Gasteiger charge is -2.72. The van der Waals surface area contributed by atoms with Crippen molar-refractivity contribution in [1.29, 1.82) is 0 Å². The highest BCUT2D eigenvalue weighted by atomic mass is 16.5. The minimum Gasteiger partial charge on any atom is -0.381 e. The summed E-state index contributed by atoms with van der Waals surface area (Å²) in [6.45, 7) is 7.52. The molecule has 3 aliphatic carbocycles. The summed E-state index contributed by atoms with van der Waals surface area (Å²) in [6.07, 6.45) is 9.02. The Kier molecular flexibility index (Phi) is 2.63. The highest BCUT2D eigenvalue weighted by Gasteiger charge is 2.67. The molecule has 0 aromatic heterocycles. The van der Waals surface area contributed by atoms with Gasteiger partial charge in [0.15, 0.2) is 0 Å². The molecule has 0 amide bonds. The highest BCUT2D eigenvalue weighted by Crippen LogP contribution is 2.74. The predicted molar refractivity (Wildman–Crippen MR) is 70.9 cm³/mol. The van der Waals surface area contributed by atoms with E-state index in [9.17, 15) is 0 Å². The summed E-state index contributed by atoms with van der Waals surface area (Å²) < 4.78 is 5.69. The van der Waals surface area contributed by atoms with Gasteiger partial charge in [0.2, 0.25) is 0 Å². The lowest BCUT2D eigenvalue weighted by Crippen LogP contribution is -2.66. The van der Waals surface area contributed by atoms with Crippen molar-refractivity contribution in [2.75, 3.05) is 7.11 Å². The van der Waals surface area contributed by atoms with Gasteiger partial charge in [0, 0.05) is 7.11 Å². The van der Waals surface area contributed by atoms with Crippen molar-refractivity contribution in [3.63, 3.8) is 0 Å². The Labute approximate surface area is 106 Å². The standard InChI is InChI=1S/C16H28O/c1-11-5-7-13-15(2,3)14-8-6-12(17-4)10-16(13,14)9-11/h11-14H,5-10H2,1-4H3. The average Bonchev–Trinajstić information content (AvgIpc) is 2.27. The normalized spacial score (nSPS) is 52.2. The molecule has 0 aromatic rings. The molecule has 5 unspecified atom stereocenters. The Hall–Kier alpha value is -0.0400. The molecule has 0 radical (unpaired) electrons. The van der Waals surface area contributed by atoms with Gasteiger partial charge in [-0.25, -0.2) is 0 Å². The maximum atomic E-state index is 5.69. The van der Waals surface area contributed by atoms with E-state index in [-0.39, 0.29) is 0 Å². The third-order valence-corrected chi connectivity index (χ3v) is 6.58. The van der Waals surface area contributed by atoms with E-state index in [1.54, 1.807) is 0 Å². The molecule has 0 bridgehead atoms. The molecule has 0 aliphatic heterocycles. The van der Waals surface area contributed by atoms with Gasteiger partial charge in [-0.15, -0.1) is 0 Å². The summed E-state index contributed by atoms with van der Waals surface area (Å²) in [5.41, 5.74) is 1.28. The van der Waals surface area contributed by atoms with Crippen molar-refractivity contribution in [1.82, 2.24) is 0 Å². The lowest BCUT2D eigenvalue weighted by molar-refractivity contribution is -0.250.